The molecule has 3 heteroatoms. The van der Waals surface area contributed by atoms with Crippen LogP contribution in [0.25, 0.3) is 6.08 Å². The molecule has 2 fully saturated rings. The van der Waals surface area contributed by atoms with E-state index in [0.717, 1.165) is 33.6 Å². The summed E-state index contributed by atoms with van der Waals surface area (Å²) in [5.74, 6) is 0.740. The minimum Gasteiger partial charge on any atom is -0.310 e. The Morgan fingerprint density at radius 2 is 1.95 bits per heavy atom. The van der Waals surface area contributed by atoms with Gasteiger partial charge in [-0.3, -0.25) is 0 Å². The van der Waals surface area contributed by atoms with Crippen molar-refractivity contribution in [2.45, 2.75) is 51.0 Å². The van der Waals surface area contributed by atoms with Crippen LogP contribution in [0.2, 0.25) is 5.02 Å². The van der Waals surface area contributed by atoms with Crippen LogP contribution in [0.4, 0.5) is 0 Å². The number of rotatable bonds is 5. The molecule has 0 aliphatic heterocycles. The van der Waals surface area contributed by atoms with Crippen molar-refractivity contribution in [2.24, 2.45) is 5.92 Å². The molecule has 0 amide bonds. The zero-order valence-electron chi connectivity index (χ0n) is 12.4. The highest BCUT2D eigenvalue weighted by atomic mass is 79.9. The second kappa shape index (κ2) is 7.30. The van der Waals surface area contributed by atoms with Crippen LogP contribution in [0.15, 0.2) is 28.2 Å². The first kappa shape index (κ1) is 15.6. The van der Waals surface area contributed by atoms with Crippen LogP contribution >= 0.6 is 27.5 Å². The molecule has 0 heterocycles. The number of halogens is 2. The standard InChI is InChI=1S/C18H23BrClN/c19-16-7-6-14(18(20)11-16)10-15(12-21-17-8-9-17)13-4-2-1-3-5-13/h6-7,10-11,13,17,21H,1-5,8-9,12H2/b15-10-. The zero-order chi connectivity index (χ0) is 14.7. The topological polar surface area (TPSA) is 12.0 Å². The predicted molar refractivity (Wildman–Crippen MR) is 94.7 cm³/mol. The third kappa shape index (κ3) is 4.58. The van der Waals surface area contributed by atoms with E-state index in [9.17, 15) is 0 Å². The Morgan fingerprint density at radius 3 is 2.62 bits per heavy atom. The highest BCUT2D eigenvalue weighted by Gasteiger charge is 2.23. The first-order valence-electron chi connectivity index (χ1n) is 8.11. The van der Waals surface area contributed by atoms with Crippen LogP contribution in [0.3, 0.4) is 0 Å². The third-order valence-electron chi connectivity index (χ3n) is 4.61. The fraction of sp³-hybridized carbons (Fsp3) is 0.556. The molecule has 0 aromatic heterocycles. The number of nitrogens with one attached hydrogen (secondary N) is 1. The van der Waals surface area contributed by atoms with Gasteiger partial charge in [0.15, 0.2) is 0 Å². The first-order valence-corrected chi connectivity index (χ1v) is 9.28. The van der Waals surface area contributed by atoms with Gasteiger partial charge in [-0.15, -0.1) is 0 Å². The van der Waals surface area contributed by atoms with Crippen LogP contribution in [0.5, 0.6) is 0 Å². The monoisotopic (exact) mass is 367 g/mol. The van der Waals surface area contributed by atoms with Crippen LogP contribution in [0, 0.1) is 5.92 Å². The Morgan fingerprint density at radius 1 is 1.19 bits per heavy atom. The molecule has 1 N–H and O–H groups in total. The molecule has 3 rings (SSSR count). The molecule has 1 aromatic carbocycles. The van der Waals surface area contributed by atoms with Crippen molar-refractivity contribution in [2.75, 3.05) is 6.54 Å². The second-order valence-corrected chi connectivity index (χ2v) is 7.70. The molecule has 0 unspecified atom stereocenters. The maximum Gasteiger partial charge on any atom is 0.0489 e. The van der Waals surface area contributed by atoms with Crippen molar-refractivity contribution in [1.29, 1.82) is 0 Å². The largest absolute Gasteiger partial charge is 0.310 e. The summed E-state index contributed by atoms with van der Waals surface area (Å²) in [6, 6.07) is 6.94. The molecule has 21 heavy (non-hydrogen) atoms. The molecule has 114 valence electrons. The average molecular weight is 369 g/mol. The van der Waals surface area contributed by atoms with Crippen molar-refractivity contribution in [3.63, 3.8) is 0 Å². The molecule has 1 nitrogen and oxygen atoms in total. The molecule has 0 saturated heterocycles. The molecular formula is C18H23BrClN. The van der Waals surface area contributed by atoms with Gasteiger partial charge >= 0.3 is 0 Å². The predicted octanol–water partition coefficient (Wildman–Crippen LogP) is 5.82. The lowest BCUT2D eigenvalue weighted by atomic mass is 9.83. The van der Waals surface area contributed by atoms with Gasteiger partial charge in [-0.05, 0) is 49.3 Å². The lowest BCUT2D eigenvalue weighted by Crippen LogP contribution is -2.24. The van der Waals surface area contributed by atoms with Crippen molar-refractivity contribution >= 4 is 33.6 Å². The van der Waals surface area contributed by atoms with Crippen molar-refractivity contribution in [3.8, 4) is 0 Å². The fourth-order valence-corrected chi connectivity index (χ4v) is 3.88. The van der Waals surface area contributed by atoms with Gasteiger partial charge in [0, 0.05) is 22.1 Å². The summed E-state index contributed by atoms with van der Waals surface area (Å²) in [4.78, 5) is 0. The van der Waals surface area contributed by atoms with E-state index in [4.69, 9.17) is 11.6 Å². The van der Waals surface area contributed by atoms with Gasteiger partial charge in [0.25, 0.3) is 0 Å². The van der Waals surface area contributed by atoms with Crippen LogP contribution in [-0.2, 0) is 0 Å². The van der Waals surface area contributed by atoms with Gasteiger partial charge in [-0.1, -0.05) is 64.5 Å². The van der Waals surface area contributed by atoms with Crippen molar-refractivity contribution in [3.05, 3.63) is 38.8 Å². The highest BCUT2D eigenvalue weighted by Crippen LogP contribution is 2.33. The van der Waals surface area contributed by atoms with Gasteiger partial charge in [0.1, 0.15) is 0 Å². The second-order valence-electron chi connectivity index (χ2n) is 6.38. The molecular weight excluding hydrogens is 346 g/mol. The molecule has 0 radical (unpaired) electrons. The van der Waals surface area contributed by atoms with Crippen LogP contribution in [-0.4, -0.2) is 12.6 Å². The average Bonchev–Trinajstić information content (AvgIpc) is 3.31. The smallest absolute Gasteiger partial charge is 0.0489 e. The third-order valence-corrected chi connectivity index (χ3v) is 5.43. The maximum absolute atomic E-state index is 6.39. The van der Waals surface area contributed by atoms with E-state index in [2.05, 4.69) is 39.5 Å². The summed E-state index contributed by atoms with van der Waals surface area (Å²) in [5.41, 5.74) is 2.70. The Balaban J connectivity index is 1.79. The van der Waals surface area contributed by atoms with Crippen molar-refractivity contribution < 1.29 is 0 Å². The minimum absolute atomic E-state index is 0.740. The summed E-state index contributed by atoms with van der Waals surface area (Å²) >= 11 is 9.87. The molecule has 2 aliphatic rings. The molecule has 2 aliphatic carbocycles. The van der Waals surface area contributed by atoms with E-state index < -0.39 is 0 Å². The van der Waals surface area contributed by atoms with Gasteiger partial charge in [-0.2, -0.15) is 0 Å². The van der Waals surface area contributed by atoms with Gasteiger partial charge < -0.3 is 5.32 Å². The summed E-state index contributed by atoms with van der Waals surface area (Å²) in [7, 11) is 0. The Hall–Kier alpha value is -0.310. The number of hydrogen-bond acceptors (Lipinski definition) is 1. The van der Waals surface area contributed by atoms with Crippen molar-refractivity contribution in [1.82, 2.24) is 5.32 Å². The quantitative estimate of drug-likeness (QED) is 0.690. The Bertz CT molecular complexity index is 516. The van der Waals surface area contributed by atoms with Gasteiger partial charge in [-0.25, -0.2) is 0 Å². The summed E-state index contributed by atoms with van der Waals surface area (Å²) in [6.07, 6.45) is 11.9. The summed E-state index contributed by atoms with van der Waals surface area (Å²) in [6.45, 7) is 1.03. The van der Waals surface area contributed by atoms with E-state index in [-0.39, 0.29) is 0 Å². The molecule has 2 saturated carbocycles. The molecule has 0 bridgehead atoms. The van der Waals surface area contributed by atoms with E-state index in [0.29, 0.717) is 0 Å². The first-order chi connectivity index (χ1) is 10.2. The minimum atomic E-state index is 0.740. The summed E-state index contributed by atoms with van der Waals surface area (Å²) < 4.78 is 1.04. The molecule has 0 atom stereocenters. The lowest BCUT2D eigenvalue weighted by molar-refractivity contribution is 0.396. The van der Waals surface area contributed by atoms with Gasteiger partial charge in [0.05, 0.1) is 0 Å². The van der Waals surface area contributed by atoms with E-state index in [1.165, 1.54) is 44.9 Å². The number of hydrogen-bond donors (Lipinski definition) is 1. The lowest BCUT2D eigenvalue weighted by Gasteiger charge is -2.25. The van der Waals surface area contributed by atoms with Gasteiger partial charge in [0.2, 0.25) is 0 Å². The highest BCUT2D eigenvalue weighted by molar-refractivity contribution is 9.10. The normalized spacial score (nSPS) is 20.8. The van der Waals surface area contributed by atoms with E-state index in [1.54, 1.807) is 5.57 Å². The Kier molecular flexibility index (Phi) is 5.42. The van der Waals surface area contributed by atoms with E-state index in [1.807, 2.05) is 6.07 Å². The van der Waals surface area contributed by atoms with E-state index >= 15 is 0 Å². The number of benzene rings is 1. The summed E-state index contributed by atoms with van der Waals surface area (Å²) in [5, 5.41) is 4.52. The van der Waals surface area contributed by atoms with Crippen LogP contribution in [0.1, 0.15) is 50.5 Å². The Labute approximate surface area is 141 Å². The fourth-order valence-electron chi connectivity index (χ4n) is 3.15. The SMILES string of the molecule is Clc1cc(Br)ccc1/C=C(/CNC1CC1)C1CCCCC1. The maximum atomic E-state index is 6.39. The molecule has 1 aromatic rings. The molecule has 0 spiro atoms. The van der Waals surface area contributed by atoms with Crippen LogP contribution < -0.4 is 5.32 Å². The zero-order valence-corrected chi connectivity index (χ0v) is 14.7.